The predicted octanol–water partition coefficient (Wildman–Crippen LogP) is 3.78. The number of rotatable bonds is 7. The highest BCUT2D eigenvalue weighted by atomic mass is 79.9. The molecule has 2 heterocycles. The number of anilines is 2. The molecule has 2 rings (SSSR count). The molecule has 102 valence electrons. The molecule has 2 N–H and O–H groups in total. The van der Waals surface area contributed by atoms with E-state index in [1.807, 2.05) is 6.07 Å². The van der Waals surface area contributed by atoms with Gasteiger partial charge in [0.15, 0.2) is 0 Å². The van der Waals surface area contributed by atoms with Gasteiger partial charge >= 0.3 is 0 Å². The molecule has 0 atom stereocenters. The summed E-state index contributed by atoms with van der Waals surface area (Å²) in [6.07, 6.45) is 3.67. The first-order valence-electron chi connectivity index (χ1n) is 6.32. The van der Waals surface area contributed by atoms with Crippen molar-refractivity contribution in [3.8, 4) is 0 Å². The van der Waals surface area contributed by atoms with Gasteiger partial charge in [-0.2, -0.15) is 0 Å². The van der Waals surface area contributed by atoms with Crippen molar-refractivity contribution in [2.75, 3.05) is 23.7 Å². The van der Waals surface area contributed by atoms with Crippen molar-refractivity contribution in [3.05, 3.63) is 33.2 Å². The second-order valence-corrected chi connectivity index (χ2v) is 6.65. The van der Waals surface area contributed by atoms with Crippen LogP contribution in [0.25, 0.3) is 0 Å². The lowest BCUT2D eigenvalue weighted by atomic mass is 10.3. The van der Waals surface area contributed by atoms with Crippen molar-refractivity contribution in [2.24, 2.45) is 0 Å². The van der Waals surface area contributed by atoms with Crippen LogP contribution in [0.4, 0.5) is 11.6 Å². The van der Waals surface area contributed by atoms with Crippen molar-refractivity contribution in [3.63, 3.8) is 0 Å². The Kier molecular flexibility index (Phi) is 5.60. The molecule has 6 heteroatoms. The Bertz CT molecular complexity index is 515. The number of hydrogen-bond donors (Lipinski definition) is 2. The first kappa shape index (κ1) is 14.3. The maximum Gasteiger partial charge on any atom is 0.131 e. The van der Waals surface area contributed by atoms with Crippen molar-refractivity contribution in [2.45, 2.75) is 19.8 Å². The number of aromatic nitrogens is 2. The Morgan fingerprint density at radius 3 is 2.53 bits per heavy atom. The van der Waals surface area contributed by atoms with Crippen molar-refractivity contribution in [1.82, 2.24) is 9.97 Å². The van der Waals surface area contributed by atoms with Crippen molar-refractivity contribution < 1.29 is 0 Å². The van der Waals surface area contributed by atoms with E-state index in [4.69, 9.17) is 0 Å². The van der Waals surface area contributed by atoms with Crippen LogP contribution in [0, 0.1) is 0 Å². The highest BCUT2D eigenvalue weighted by Gasteiger charge is 2.00. The average molecular weight is 341 g/mol. The van der Waals surface area contributed by atoms with Crippen molar-refractivity contribution >= 4 is 38.9 Å². The molecular formula is C13H17BrN4S. The number of thiophene rings is 1. The number of halogens is 1. The van der Waals surface area contributed by atoms with Crippen LogP contribution in [-0.4, -0.2) is 23.1 Å². The monoisotopic (exact) mass is 340 g/mol. The van der Waals surface area contributed by atoms with Gasteiger partial charge in [0.05, 0.1) is 3.79 Å². The topological polar surface area (TPSA) is 49.8 Å². The van der Waals surface area contributed by atoms with Gasteiger partial charge < -0.3 is 10.6 Å². The van der Waals surface area contributed by atoms with Crippen LogP contribution in [0.2, 0.25) is 0 Å². The molecule has 0 spiro atoms. The van der Waals surface area contributed by atoms with Gasteiger partial charge in [-0.05, 0) is 40.9 Å². The number of hydrogen-bond acceptors (Lipinski definition) is 5. The molecule has 0 saturated carbocycles. The Morgan fingerprint density at radius 1 is 1.16 bits per heavy atom. The summed E-state index contributed by atoms with van der Waals surface area (Å²) < 4.78 is 1.18. The smallest absolute Gasteiger partial charge is 0.131 e. The molecule has 0 aliphatic carbocycles. The summed E-state index contributed by atoms with van der Waals surface area (Å²) >= 11 is 5.24. The van der Waals surface area contributed by atoms with E-state index in [-0.39, 0.29) is 0 Å². The molecule has 4 nitrogen and oxygen atoms in total. The minimum Gasteiger partial charge on any atom is -0.370 e. The lowest BCUT2D eigenvalue weighted by Gasteiger charge is -2.07. The van der Waals surface area contributed by atoms with Gasteiger partial charge in [-0.1, -0.05) is 6.92 Å². The molecule has 19 heavy (non-hydrogen) atoms. The van der Waals surface area contributed by atoms with Gasteiger partial charge in [-0.15, -0.1) is 11.3 Å². The Balaban J connectivity index is 1.82. The van der Waals surface area contributed by atoms with E-state index >= 15 is 0 Å². The summed E-state index contributed by atoms with van der Waals surface area (Å²) in [5.74, 6) is 1.74. The fourth-order valence-corrected chi connectivity index (χ4v) is 3.09. The van der Waals surface area contributed by atoms with Gasteiger partial charge in [0.2, 0.25) is 0 Å². The van der Waals surface area contributed by atoms with Crippen LogP contribution >= 0.6 is 27.3 Å². The SMILES string of the molecule is CCCNc1cc(NCCc2ccc(Br)s2)ncn1. The van der Waals surface area contributed by atoms with Crippen LogP contribution in [0.1, 0.15) is 18.2 Å². The molecule has 0 aliphatic heterocycles. The third-order valence-corrected chi connectivity index (χ3v) is 4.21. The van der Waals surface area contributed by atoms with E-state index in [2.05, 4.69) is 55.6 Å². The Hall–Kier alpha value is -1.14. The van der Waals surface area contributed by atoms with Gasteiger partial charge in [-0.25, -0.2) is 9.97 Å². The maximum atomic E-state index is 4.22. The highest BCUT2D eigenvalue weighted by Crippen LogP contribution is 2.22. The third-order valence-electron chi connectivity index (χ3n) is 2.53. The lowest BCUT2D eigenvalue weighted by Crippen LogP contribution is -2.07. The summed E-state index contributed by atoms with van der Waals surface area (Å²) in [7, 11) is 0. The Morgan fingerprint density at radius 2 is 1.89 bits per heavy atom. The van der Waals surface area contributed by atoms with E-state index < -0.39 is 0 Å². The van der Waals surface area contributed by atoms with E-state index in [0.29, 0.717) is 0 Å². The number of nitrogens with one attached hydrogen (secondary N) is 2. The average Bonchev–Trinajstić information content (AvgIpc) is 2.83. The fraction of sp³-hybridized carbons (Fsp3) is 0.385. The second-order valence-electron chi connectivity index (χ2n) is 4.10. The molecule has 2 aromatic rings. The summed E-state index contributed by atoms with van der Waals surface area (Å²) in [5, 5.41) is 6.57. The third kappa shape index (κ3) is 4.80. The molecule has 0 amide bonds. The van der Waals surface area contributed by atoms with Crippen LogP contribution in [0.5, 0.6) is 0 Å². The maximum absolute atomic E-state index is 4.22. The van der Waals surface area contributed by atoms with E-state index in [1.54, 1.807) is 17.7 Å². The summed E-state index contributed by atoms with van der Waals surface area (Å²) in [6.45, 7) is 3.93. The summed E-state index contributed by atoms with van der Waals surface area (Å²) in [4.78, 5) is 9.75. The van der Waals surface area contributed by atoms with Gasteiger partial charge in [-0.3, -0.25) is 0 Å². The first-order valence-corrected chi connectivity index (χ1v) is 7.93. The molecule has 0 aromatic carbocycles. The van der Waals surface area contributed by atoms with Crippen LogP contribution in [0.3, 0.4) is 0 Å². The summed E-state index contributed by atoms with van der Waals surface area (Å²) in [5.41, 5.74) is 0. The molecular weight excluding hydrogens is 324 g/mol. The molecule has 0 saturated heterocycles. The molecule has 0 unspecified atom stereocenters. The normalized spacial score (nSPS) is 10.4. The number of nitrogens with zero attached hydrogens (tertiary/aromatic N) is 2. The summed E-state index contributed by atoms with van der Waals surface area (Å²) in [6, 6.07) is 6.17. The quantitative estimate of drug-likeness (QED) is 0.805. The second kappa shape index (κ2) is 7.45. The largest absolute Gasteiger partial charge is 0.370 e. The van der Waals surface area contributed by atoms with Crippen molar-refractivity contribution in [1.29, 1.82) is 0 Å². The van der Waals surface area contributed by atoms with Crippen LogP contribution < -0.4 is 10.6 Å². The lowest BCUT2D eigenvalue weighted by molar-refractivity contribution is 0.961. The minimum absolute atomic E-state index is 0.865. The molecule has 0 bridgehead atoms. The highest BCUT2D eigenvalue weighted by molar-refractivity contribution is 9.11. The van der Waals surface area contributed by atoms with Gasteiger partial charge in [0.25, 0.3) is 0 Å². The standard InChI is InChI=1S/C13H17BrN4S/c1-2-6-15-12-8-13(18-9-17-12)16-7-5-10-3-4-11(14)19-10/h3-4,8-9H,2,5-7H2,1H3,(H2,15,16,17,18). The zero-order valence-corrected chi connectivity index (χ0v) is 13.2. The predicted molar refractivity (Wildman–Crippen MR) is 85.0 cm³/mol. The van der Waals surface area contributed by atoms with Crippen LogP contribution in [-0.2, 0) is 6.42 Å². The first-order chi connectivity index (χ1) is 9.28. The zero-order chi connectivity index (χ0) is 13.5. The zero-order valence-electron chi connectivity index (χ0n) is 10.8. The molecule has 0 radical (unpaired) electrons. The van der Waals surface area contributed by atoms with Crippen LogP contribution in [0.15, 0.2) is 28.3 Å². The molecule has 0 fully saturated rings. The van der Waals surface area contributed by atoms with E-state index in [0.717, 1.165) is 37.6 Å². The fourth-order valence-electron chi connectivity index (χ4n) is 1.60. The molecule has 0 aliphatic rings. The molecule has 2 aromatic heterocycles. The van der Waals surface area contributed by atoms with Gasteiger partial charge in [0.1, 0.15) is 18.0 Å². The van der Waals surface area contributed by atoms with E-state index in [1.165, 1.54) is 8.66 Å². The van der Waals surface area contributed by atoms with Gasteiger partial charge in [0, 0.05) is 24.0 Å². The Labute approximate surface area is 125 Å². The minimum atomic E-state index is 0.865. The van der Waals surface area contributed by atoms with E-state index in [9.17, 15) is 0 Å².